The van der Waals surface area contributed by atoms with Crippen molar-refractivity contribution >= 4 is 0 Å². The van der Waals surface area contributed by atoms with Crippen molar-refractivity contribution in [3.8, 4) is 0 Å². The molecule has 8 atom stereocenters. The first-order valence-electron chi connectivity index (χ1n) is 59.8. The lowest BCUT2D eigenvalue weighted by molar-refractivity contribution is -0.0709. The van der Waals surface area contributed by atoms with Crippen LogP contribution in [0.5, 0.6) is 0 Å². The van der Waals surface area contributed by atoms with E-state index < -0.39 is 23.7 Å². The molecule has 3 aromatic heterocycles. The summed E-state index contributed by atoms with van der Waals surface area (Å²) < 4.78 is 88.9. The third-order valence-corrected chi connectivity index (χ3v) is 28.1. The van der Waals surface area contributed by atoms with Crippen molar-refractivity contribution in [2.24, 2.45) is 136 Å². The van der Waals surface area contributed by atoms with Crippen LogP contribution in [-0.4, -0.2) is 52.5 Å². The van der Waals surface area contributed by atoms with Crippen molar-refractivity contribution in [1.82, 2.24) is 34.7 Å². The standard InChI is InChI=1S/4C13H20.C12H18.3C11H20F2.C11H22.C10H18N2.C9H17N3.C9H16N2O/c2*1-10(2)9-12-5-7-13(8-6-12)11(3)4;2*1-10(2)8-12-6-5-7-13(9-12)11(3)4;1-9(2)11-5-7-12(8-6-11)10(3)4;1-7(2)5-9-6-10(9)11(12,13)8(3)4;1-7(2)5-9-10(6-8(3)4)11(9,12)13;1-7(2)5-6-9-10(8(3)4)11(9,12)13;1-8(2)5-6-10-7-11(10)9(3)4;1-8(2)7-12-6-5-10(11-12)9(3)4;1-7(2)5-12-6-10-9(11-12)8(3)4;1-6(2)5-8-10-11-9(12-8)7(3)4/h2*5-8,10-11H,9H2,1-4H3;2*5-7,9-11H,8H2,1-4H3;5-10H,1-4H3;3*7-10H,5-6H2,1-4H3;8-11H,5-7H2,1-4H3;5-6,8-9H,7H2,1-4H3;6-8H,5H2,1-4H3;6-7H,5H2,1-4H3. The first-order chi connectivity index (χ1) is 69.4. The van der Waals surface area contributed by atoms with Crippen molar-refractivity contribution in [1.29, 1.82) is 0 Å². The quantitative estimate of drug-likeness (QED) is 0.0357. The lowest BCUT2D eigenvalue weighted by Gasteiger charge is -2.20. The van der Waals surface area contributed by atoms with Crippen LogP contribution in [0.1, 0.15) is 522 Å². The lowest BCUT2D eigenvalue weighted by Crippen LogP contribution is -2.27. The number of rotatable bonds is 39. The zero-order valence-electron chi connectivity index (χ0n) is 105. The van der Waals surface area contributed by atoms with E-state index in [0.717, 1.165) is 104 Å². The predicted octanol–water partition coefficient (Wildman–Crippen LogP) is 42.7. The molecule has 4 saturated carbocycles. The predicted molar refractivity (Wildman–Crippen MR) is 641 cm³/mol. The summed E-state index contributed by atoms with van der Waals surface area (Å²) in [6.07, 6.45) is 18.7. The van der Waals surface area contributed by atoms with Gasteiger partial charge in [-0.05, 0) is 274 Å². The molecule has 4 aliphatic carbocycles. The second kappa shape index (κ2) is 70.7. The summed E-state index contributed by atoms with van der Waals surface area (Å²) in [5.41, 5.74) is 15.7. The van der Waals surface area contributed by atoms with Crippen LogP contribution in [0, 0.1) is 136 Å². The Hall–Kier alpha value is -6.83. The van der Waals surface area contributed by atoms with E-state index in [9.17, 15) is 26.3 Å². The van der Waals surface area contributed by atoms with Crippen LogP contribution >= 0.6 is 0 Å². The van der Waals surface area contributed by atoms with E-state index in [1.54, 1.807) is 13.8 Å². The van der Waals surface area contributed by atoms with Gasteiger partial charge in [0, 0.05) is 73.1 Å². The average molecular weight is 2090 g/mol. The van der Waals surface area contributed by atoms with Crippen LogP contribution < -0.4 is 0 Å². The van der Waals surface area contributed by atoms with E-state index in [0.29, 0.717) is 114 Å². The van der Waals surface area contributed by atoms with Gasteiger partial charge in [0.15, 0.2) is 5.82 Å². The Morgan fingerprint density at radius 3 is 0.993 bits per heavy atom. The highest BCUT2D eigenvalue weighted by Crippen LogP contribution is 2.62. The van der Waals surface area contributed by atoms with Gasteiger partial charge in [-0.1, -0.05) is 467 Å². The van der Waals surface area contributed by atoms with E-state index >= 15 is 0 Å². The van der Waals surface area contributed by atoms with Gasteiger partial charge in [0.2, 0.25) is 11.8 Å². The van der Waals surface area contributed by atoms with Crippen molar-refractivity contribution in [2.45, 2.75) is 506 Å². The number of benzene rings is 5. The van der Waals surface area contributed by atoms with Crippen molar-refractivity contribution in [3.05, 3.63) is 219 Å². The Balaban J connectivity index is 0.000000818. The molecule has 4 fully saturated rings. The van der Waals surface area contributed by atoms with Gasteiger partial charge in [-0.2, -0.15) is 10.2 Å². The van der Waals surface area contributed by atoms with Gasteiger partial charge in [-0.15, -0.1) is 10.2 Å². The summed E-state index contributed by atoms with van der Waals surface area (Å²) in [6.45, 7) is 105. The molecular weight excluding hydrogens is 1860 g/mol. The smallest absolute Gasteiger partial charge is 0.254 e. The molecule has 12 rings (SSSR count). The molecule has 0 saturated heterocycles. The Kier molecular flexibility index (Phi) is 66.6. The van der Waals surface area contributed by atoms with Crippen molar-refractivity contribution in [3.63, 3.8) is 0 Å². The van der Waals surface area contributed by atoms with E-state index in [1.165, 1.54) is 106 Å². The normalized spacial score (nSPS) is 17.7. The molecule has 858 valence electrons. The Bertz CT molecular complexity index is 4430. The summed E-state index contributed by atoms with van der Waals surface area (Å²) in [7, 11) is 0. The maximum atomic E-state index is 13.4. The molecule has 5 aromatic carbocycles. The minimum atomic E-state index is -2.43. The minimum Gasteiger partial charge on any atom is -0.425 e. The molecule has 8 aromatic rings. The second-order valence-corrected chi connectivity index (χ2v) is 53.7. The number of hydrogen-bond donors (Lipinski definition) is 0. The summed E-state index contributed by atoms with van der Waals surface area (Å²) >= 11 is 0. The highest BCUT2D eigenvalue weighted by atomic mass is 19.3. The van der Waals surface area contributed by atoms with Gasteiger partial charge in [0.25, 0.3) is 17.8 Å². The Morgan fingerprint density at radius 1 is 0.327 bits per heavy atom. The monoisotopic (exact) mass is 2090 g/mol. The highest BCUT2D eigenvalue weighted by Gasteiger charge is 2.68. The van der Waals surface area contributed by atoms with E-state index in [2.05, 4.69) is 422 Å². The van der Waals surface area contributed by atoms with Gasteiger partial charge in [-0.25, -0.2) is 31.3 Å². The second-order valence-electron chi connectivity index (χ2n) is 53.7. The zero-order chi connectivity index (χ0) is 115. The average Bonchev–Trinajstić information content (AvgIpc) is 1.56. The summed E-state index contributed by atoms with van der Waals surface area (Å²) in [5, 5.41) is 16.7. The summed E-state index contributed by atoms with van der Waals surface area (Å²) in [4.78, 5) is 4.22. The van der Waals surface area contributed by atoms with Crippen LogP contribution in [0.25, 0.3) is 0 Å². The fourth-order valence-electron chi connectivity index (χ4n) is 18.8. The molecule has 8 unspecified atom stereocenters. The molecule has 0 radical (unpaired) electrons. The Labute approximate surface area is 921 Å². The van der Waals surface area contributed by atoms with Gasteiger partial charge in [0.05, 0.1) is 5.69 Å². The van der Waals surface area contributed by atoms with Crippen LogP contribution in [0.3, 0.4) is 0 Å². The molecule has 4 aliphatic rings. The molecule has 3 heterocycles. The van der Waals surface area contributed by atoms with E-state index in [1.807, 2.05) is 71.1 Å². The van der Waals surface area contributed by atoms with E-state index in [-0.39, 0.29) is 41.4 Å². The molecule has 8 nitrogen and oxygen atoms in total. The van der Waals surface area contributed by atoms with Crippen LogP contribution in [0.15, 0.2) is 144 Å². The maximum absolute atomic E-state index is 13.4. The Morgan fingerprint density at radius 2 is 0.700 bits per heavy atom. The lowest BCUT2D eigenvalue weighted by atomic mass is 9.97. The topological polar surface area (TPSA) is 87.5 Å². The van der Waals surface area contributed by atoms with Gasteiger partial charge in [-0.3, -0.25) is 9.36 Å². The van der Waals surface area contributed by atoms with Crippen molar-refractivity contribution < 1.29 is 30.8 Å². The van der Waals surface area contributed by atoms with Crippen molar-refractivity contribution in [2.75, 3.05) is 0 Å². The molecule has 0 bridgehead atoms. The first kappa shape index (κ1) is 141. The fourth-order valence-corrected chi connectivity index (χ4v) is 18.8. The molecule has 0 amide bonds. The van der Waals surface area contributed by atoms with Crippen LogP contribution in [0.2, 0.25) is 0 Å². The minimum absolute atomic E-state index is 0.132. The maximum Gasteiger partial charge on any atom is 0.254 e. The van der Waals surface area contributed by atoms with Crippen LogP contribution in [0.4, 0.5) is 26.3 Å². The third kappa shape index (κ3) is 59.4. The molecule has 14 heteroatoms. The zero-order valence-corrected chi connectivity index (χ0v) is 105. The summed E-state index contributed by atoms with van der Waals surface area (Å²) in [6, 6.07) is 47.0. The largest absolute Gasteiger partial charge is 0.425 e. The SMILES string of the molecule is CC(C)CC1C(CC(C)C)C1(F)F.CC(C)CC1CC1C(F)(F)C(C)C.CC(C)CCC1C(C(C)C)C1(F)F.CC(C)CCC1CC1C(C)C.CC(C)Cc1ccc(C(C)C)cc1.CC(C)Cc1ccc(C(C)C)cc1.CC(C)Cc1cccc(C(C)C)c1.CC(C)Cc1cccc(C(C)C)c1.CC(C)Cc1nnc(C(C)C)o1.CC(C)Cn1ccc(C(C)C)n1.CC(C)Cn1cnc(C(C)C)n1.CC(C)c1ccc(C(C)C)cc1. The molecule has 150 heavy (non-hydrogen) atoms. The van der Waals surface area contributed by atoms with Gasteiger partial charge in [0.1, 0.15) is 6.33 Å². The first-order valence-corrected chi connectivity index (χ1v) is 59.8. The molecule has 0 N–H and O–H groups in total. The highest BCUT2D eigenvalue weighted by molar-refractivity contribution is 5.30. The third-order valence-electron chi connectivity index (χ3n) is 28.1. The number of nitrogens with zero attached hydrogens (tertiary/aromatic N) is 7. The fraction of sp³-hybridized carbons (Fsp3) is 0.728. The number of halogens is 6. The summed E-state index contributed by atoms with van der Waals surface area (Å²) in [5.74, 6) is 9.55. The molecular formula is C136H231F6N7O. The molecule has 0 spiro atoms. The number of aromatic nitrogens is 7. The van der Waals surface area contributed by atoms with Gasteiger partial charge < -0.3 is 4.42 Å². The number of hydrogen-bond acceptors (Lipinski definition) is 6. The van der Waals surface area contributed by atoms with Crippen LogP contribution in [-0.2, 0) is 45.2 Å². The molecule has 0 aliphatic heterocycles. The van der Waals surface area contributed by atoms with Gasteiger partial charge >= 0.3 is 0 Å². The number of alkyl halides is 6. The van der Waals surface area contributed by atoms with E-state index in [4.69, 9.17) is 4.42 Å².